The lowest BCUT2D eigenvalue weighted by Crippen LogP contribution is -2.33. The molecule has 45 heavy (non-hydrogen) atoms. The number of H-pyrrole nitrogens is 1. The predicted octanol–water partition coefficient (Wildman–Crippen LogP) is 6.46. The molecule has 1 saturated carbocycles. The molecule has 12 heteroatoms. The Morgan fingerprint density at radius 1 is 1.09 bits per heavy atom. The summed E-state index contributed by atoms with van der Waals surface area (Å²) in [6.45, 7) is 6.10. The van der Waals surface area contributed by atoms with Crippen LogP contribution >= 0.6 is 0 Å². The molecule has 5 heterocycles. The Hall–Kier alpha value is -4.50. The van der Waals surface area contributed by atoms with Gasteiger partial charge in [0.15, 0.2) is 17.3 Å². The highest BCUT2D eigenvalue weighted by molar-refractivity contribution is 5.55. The maximum Gasteiger partial charge on any atom is 0.451 e. The lowest BCUT2D eigenvalue weighted by molar-refractivity contribution is -0.144. The van der Waals surface area contributed by atoms with Gasteiger partial charge in [-0.2, -0.15) is 23.5 Å². The lowest BCUT2D eigenvalue weighted by Gasteiger charge is -2.33. The Balaban J connectivity index is 1.06. The van der Waals surface area contributed by atoms with E-state index in [4.69, 9.17) is 9.47 Å². The molecule has 1 saturated heterocycles. The van der Waals surface area contributed by atoms with Crippen LogP contribution in [0.5, 0.6) is 11.5 Å². The van der Waals surface area contributed by atoms with Crippen LogP contribution in [0.1, 0.15) is 72.4 Å². The maximum atomic E-state index is 13.1. The number of halogens is 3. The van der Waals surface area contributed by atoms with Crippen molar-refractivity contribution in [2.75, 3.05) is 13.1 Å². The van der Waals surface area contributed by atoms with Crippen LogP contribution < -0.4 is 9.47 Å². The maximum absolute atomic E-state index is 13.1. The van der Waals surface area contributed by atoms with Gasteiger partial charge in [-0.1, -0.05) is 12.1 Å². The van der Waals surface area contributed by atoms with E-state index in [1.54, 1.807) is 12.3 Å². The number of aryl methyl sites for hydroxylation is 1. The highest BCUT2D eigenvalue weighted by atomic mass is 19.4. The molecule has 0 radical (unpaired) electrons. The molecule has 0 unspecified atom stereocenters. The summed E-state index contributed by atoms with van der Waals surface area (Å²) < 4.78 is 52.1. The predicted molar refractivity (Wildman–Crippen MR) is 157 cm³/mol. The van der Waals surface area contributed by atoms with Crippen LogP contribution in [0.25, 0.3) is 11.4 Å². The third-order valence-electron chi connectivity index (χ3n) is 9.14. The van der Waals surface area contributed by atoms with Gasteiger partial charge in [0.2, 0.25) is 5.82 Å². The molecular formula is C33H32F3N7O2. The molecule has 0 amide bonds. The molecule has 2 aliphatic heterocycles. The van der Waals surface area contributed by atoms with Crippen LogP contribution in [0.4, 0.5) is 13.2 Å². The number of fused-ring (bicyclic) bond motifs is 1. The Morgan fingerprint density at radius 2 is 1.89 bits per heavy atom. The molecule has 1 atom stereocenters. The van der Waals surface area contributed by atoms with E-state index in [1.165, 1.54) is 6.20 Å². The molecule has 4 aromatic rings. The minimum Gasteiger partial charge on any atom is -0.444 e. The summed E-state index contributed by atoms with van der Waals surface area (Å²) in [6, 6.07) is 14.2. The summed E-state index contributed by atoms with van der Waals surface area (Å²) in [5, 5.41) is 15.5. The Morgan fingerprint density at radius 3 is 2.56 bits per heavy atom. The molecule has 0 spiro atoms. The van der Waals surface area contributed by atoms with Crippen LogP contribution in [-0.2, 0) is 24.9 Å². The number of hydrogen-bond acceptors (Lipinski definition) is 8. The number of piperidine rings is 1. The molecule has 9 nitrogen and oxygen atoms in total. The first-order valence-electron chi connectivity index (χ1n) is 15.1. The highest BCUT2D eigenvalue weighted by Gasteiger charge is 2.44. The molecule has 1 aliphatic carbocycles. The van der Waals surface area contributed by atoms with E-state index in [9.17, 15) is 18.4 Å². The van der Waals surface area contributed by atoms with Crippen molar-refractivity contribution in [3.05, 3.63) is 82.7 Å². The van der Waals surface area contributed by atoms with Gasteiger partial charge < -0.3 is 9.47 Å². The highest BCUT2D eigenvalue weighted by Crippen LogP contribution is 2.50. The van der Waals surface area contributed by atoms with Gasteiger partial charge in [-0.05, 0) is 87.9 Å². The molecule has 1 aromatic carbocycles. The van der Waals surface area contributed by atoms with Gasteiger partial charge in [0, 0.05) is 42.7 Å². The average molecular weight is 616 g/mol. The number of rotatable bonds is 7. The van der Waals surface area contributed by atoms with Gasteiger partial charge in [-0.3, -0.25) is 20.0 Å². The van der Waals surface area contributed by atoms with Crippen LogP contribution in [0.15, 0.2) is 48.8 Å². The fourth-order valence-electron chi connectivity index (χ4n) is 6.26. The number of likely N-dealkylation sites (tertiary alicyclic amines) is 1. The van der Waals surface area contributed by atoms with Crippen LogP contribution in [0.2, 0.25) is 0 Å². The molecular weight excluding hydrogens is 583 g/mol. The number of nitrogens with zero attached hydrogens (tertiary/aromatic N) is 6. The minimum absolute atomic E-state index is 0.0680. The summed E-state index contributed by atoms with van der Waals surface area (Å²) >= 11 is 0. The number of ether oxygens (including phenoxy) is 2. The van der Waals surface area contributed by atoms with Crippen molar-refractivity contribution in [3.63, 3.8) is 0 Å². The molecule has 232 valence electrons. The van der Waals surface area contributed by atoms with E-state index >= 15 is 0 Å². The van der Waals surface area contributed by atoms with E-state index in [1.807, 2.05) is 43.2 Å². The summed E-state index contributed by atoms with van der Waals surface area (Å²) in [6.07, 6.45) is 2.60. The Bertz CT molecular complexity index is 1770. The van der Waals surface area contributed by atoms with Crippen LogP contribution in [0, 0.1) is 23.7 Å². The van der Waals surface area contributed by atoms with Crippen molar-refractivity contribution in [2.24, 2.45) is 5.41 Å². The number of aromatic nitrogens is 5. The van der Waals surface area contributed by atoms with Crippen molar-refractivity contribution in [3.8, 4) is 29.0 Å². The number of hydrogen-bond donors (Lipinski definition) is 1. The fraction of sp³-hybridized carbons (Fsp3) is 0.424. The fourth-order valence-corrected chi connectivity index (χ4v) is 6.26. The number of benzene rings is 1. The summed E-state index contributed by atoms with van der Waals surface area (Å²) in [7, 11) is 0. The quantitative estimate of drug-likeness (QED) is 0.252. The topological polar surface area (TPSA) is 113 Å². The van der Waals surface area contributed by atoms with Gasteiger partial charge in [0.1, 0.15) is 0 Å². The number of para-hydroxylation sites is 1. The number of nitriles is 1. The molecule has 3 aromatic heterocycles. The molecule has 2 fully saturated rings. The Labute approximate surface area is 258 Å². The third-order valence-corrected chi connectivity index (χ3v) is 9.14. The van der Waals surface area contributed by atoms with Gasteiger partial charge >= 0.3 is 6.18 Å². The first-order chi connectivity index (χ1) is 21.5. The molecule has 1 N–H and O–H groups in total. The first kappa shape index (κ1) is 29.2. The van der Waals surface area contributed by atoms with Crippen molar-refractivity contribution in [1.82, 2.24) is 30.0 Å². The standard InChI is InChI=1S/C33H32F3N7O2/c1-20-6-7-24(17-38-20)31(2)44-27-5-3-4-25(28(27)45-31)21-8-12-43(13-9-21)18-26-22(15-32(19-37)10-11-32)14-23(16-39-26)29-40-30(42-41-29)33(34,35)36/h3-7,14,16-17,21H,8-13,15,18H2,1-2H3,(H,40,41,42)/t31-/m0/s1. The summed E-state index contributed by atoms with van der Waals surface area (Å²) in [4.78, 5) is 15.1. The smallest absolute Gasteiger partial charge is 0.444 e. The largest absolute Gasteiger partial charge is 0.451 e. The van der Waals surface area contributed by atoms with E-state index < -0.39 is 23.2 Å². The second-order valence-corrected chi connectivity index (χ2v) is 12.5. The van der Waals surface area contributed by atoms with E-state index in [2.05, 4.69) is 37.1 Å². The van der Waals surface area contributed by atoms with Crippen LogP contribution in [0.3, 0.4) is 0 Å². The van der Waals surface area contributed by atoms with E-state index in [-0.39, 0.29) is 11.7 Å². The van der Waals surface area contributed by atoms with Crippen molar-refractivity contribution in [2.45, 2.75) is 70.4 Å². The zero-order valence-corrected chi connectivity index (χ0v) is 25.0. The monoisotopic (exact) mass is 615 g/mol. The third kappa shape index (κ3) is 5.73. The van der Waals surface area contributed by atoms with Crippen molar-refractivity contribution >= 4 is 0 Å². The Kier molecular flexibility index (Phi) is 7.04. The second-order valence-electron chi connectivity index (χ2n) is 12.5. The molecule has 7 rings (SSSR count). The van der Waals surface area contributed by atoms with Gasteiger partial charge in [-0.15, -0.1) is 0 Å². The average Bonchev–Trinajstić information content (AvgIpc) is 3.42. The number of aromatic amines is 1. The van der Waals surface area contributed by atoms with E-state index in [0.29, 0.717) is 18.5 Å². The molecule has 3 aliphatic rings. The SMILES string of the molecule is Cc1ccc([C@@]2(C)Oc3cccc(C4CCN(Cc5ncc(-c6n[nH]c(C(F)(F)F)n6)cc5CC5(C#N)CC5)CC4)c3O2)cn1. The van der Waals surface area contributed by atoms with Gasteiger partial charge in [0.05, 0.1) is 22.7 Å². The summed E-state index contributed by atoms with van der Waals surface area (Å²) in [5.74, 6) is -0.371. The number of alkyl halides is 3. The van der Waals surface area contributed by atoms with Crippen LogP contribution in [-0.4, -0.2) is 43.1 Å². The van der Waals surface area contributed by atoms with Gasteiger partial charge in [0.25, 0.3) is 5.79 Å². The van der Waals surface area contributed by atoms with Gasteiger partial charge in [-0.25, -0.2) is 4.98 Å². The van der Waals surface area contributed by atoms with Crippen molar-refractivity contribution in [1.29, 1.82) is 5.26 Å². The first-order valence-corrected chi connectivity index (χ1v) is 15.1. The van der Waals surface area contributed by atoms with Crippen molar-refractivity contribution < 1.29 is 22.6 Å². The normalized spacial score (nSPS) is 21.1. The number of pyridine rings is 2. The lowest BCUT2D eigenvalue weighted by atomic mass is 9.88. The zero-order chi connectivity index (χ0) is 31.4. The summed E-state index contributed by atoms with van der Waals surface area (Å²) in [5.41, 5.74) is 4.53. The number of nitrogens with one attached hydrogen (secondary N) is 1. The second kappa shape index (κ2) is 10.8. The minimum atomic E-state index is -4.62. The molecule has 0 bridgehead atoms. The zero-order valence-electron chi connectivity index (χ0n) is 25.0. The van der Waals surface area contributed by atoms with E-state index in [0.717, 1.165) is 78.4 Å².